The number of benzene rings is 1. The minimum absolute atomic E-state index is 0.136. The molecule has 3 aromatic rings. The Balaban J connectivity index is 1.66. The first-order valence-electron chi connectivity index (χ1n) is 11.1. The first kappa shape index (κ1) is 24.8. The highest BCUT2D eigenvalue weighted by Gasteiger charge is 2.31. The number of carbonyl (C=O) groups is 1. The van der Waals surface area contributed by atoms with E-state index < -0.39 is 18.2 Å². The molecule has 1 saturated heterocycles. The van der Waals surface area contributed by atoms with Crippen LogP contribution in [0.5, 0.6) is 0 Å². The number of rotatable bonds is 6. The van der Waals surface area contributed by atoms with Crippen molar-refractivity contribution in [2.75, 3.05) is 42.3 Å². The Morgan fingerprint density at radius 1 is 1.36 bits per heavy atom. The lowest BCUT2D eigenvalue weighted by Crippen LogP contribution is -2.54. The van der Waals surface area contributed by atoms with Crippen LogP contribution in [0.25, 0.3) is 5.65 Å². The smallest absolute Gasteiger partial charge is 0.407 e. The van der Waals surface area contributed by atoms with Crippen LogP contribution in [0.2, 0.25) is 5.02 Å². The third-order valence-corrected chi connectivity index (χ3v) is 6.06. The van der Waals surface area contributed by atoms with Gasteiger partial charge in [-0.2, -0.15) is 20.0 Å². The van der Waals surface area contributed by atoms with Crippen LogP contribution in [-0.4, -0.2) is 69.7 Å². The van der Waals surface area contributed by atoms with Gasteiger partial charge >= 0.3 is 6.09 Å². The Morgan fingerprint density at radius 2 is 2.17 bits per heavy atom. The van der Waals surface area contributed by atoms with Gasteiger partial charge in [0.1, 0.15) is 6.07 Å². The lowest BCUT2D eigenvalue weighted by molar-refractivity contribution is 0.103. The summed E-state index contributed by atoms with van der Waals surface area (Å²) in [5.74, 6) is 0.560. The van der Waals surface area contributed by atoms with E-state index in [2.05, 4.69) is 41.8 Å². The topological polar surface area (TPSA) is 177 Å². The normalized spacial score (nSPS) is 17.2. The zero-order valence-electron chi connectivity index (χ0n) is 19.5. The van der Waals surface area contributed by atoms with Gasteiger partial charge in [-0.25, -0.2) is 9.78 Å². The van der Waals surface area contributed by atoms with E-state index in [-0.39, 0.29) is 18.2 Å². The average molecular weight is 511 g/mol. The lowest BCUT2D eigenvalue weighted by atomic mass is 10.0. The molecule has 0 bridgehead atoms. The summed E-state index contributed by atoms with van der Waals surface area (Å²) in [6.07, 6.45) is 0.347. The third kappa shape index (κ3) is 4.88. The van der Waals surface area contributed by atoms with Gasteiger partial charge in [0.2, 0.25) is 5.95 Å². The van der Waals surface area contributed by atoms with Crippen LogP contribution < -0.4 is 20.9 Å². The molecule has 4 N–H and O–H groups in total. The van der Waals surface area contributed by atoms with Crippen molar-refractivity contribution in [2.45, 2.75) is 25.5 Å². The van der Waals surface area contributed by atoms with E-state index in [1.807, 2.05) is 17.9 Å². The molecule has 36 heavy (non-hydrogen) atoms. The van der Waals surface area contributed by atoms with Gasteiger partial charge in [0.15, 0.2) is 17.2 Å². The van der Waals surface area contributed by atoms with E-state index in [1.54, 1.807) is 12.1 Å². The molecule has 3 heterocycles. The van der Waals surface area contributed by atoms with Crippen LogP contribution >= 0.6 is 11.6 Å². The number of aliphatic hydroxyl groups is 1. The molecule has 0 saturated carbocycles. The monoisotopic (exact) mass is 510 g/mol. The molecular formula is C22H23ClN10O3. The van der Waals surface area contributed by atoms with Crippen molar-refractivity contribution < 1.29 is 14.6 Å². The largest absolute Gasteiger partial charge is 0.453 e. The van der Waals surface area contributed by atoms with E-state index in [1.165, 1.54) is 17.8 Å². The van der Waals surface area contributed by atoms with Crippen LogP contribution in [-0.2, 0) is 4.74 Å². The molecule has 0 unspecified atom stereocenters. The zero-order chi connectivity index (χ0) is 25.8. The van der Waals surface area contributed by atoms with E-state index in [4.69, 9.17) is 11.6 Å². The van der Waals surface area contributed by atoms with Gasteiger partial charge in [0.05, 0.1) is 53.5 Å². The molecule has 1 aromatic carbocycles. The van der Waals surface area contributed by atoms with Gasteiger partial charge in [0, 0.05) is 19.6 Å². The van der Waals surface area contributed by atoms with E-state index >= 15 is 0 Å². The zero-order valence-corrected chi connectivity index (χ0v) is 20.2. The maximum Gasteiger partial charge on any atom is 0.407 e. The number of nitrogens with zero attached hydrogens (tertiary/aromatic N) is 7. The maximum atomic E-state index is 11.5. The number of nitrogens with one attached hydrogen (secondary N) is 3. The second-order valence-corrected chi connectivity index (χ2v) is 8.32. The summed E-state index contributed by atoms with van der Waals surface area (Å²) in [6.45, 7) is 3.11. The van der Waals surface area contributed by atoms with Crippen molar-refractivity contribution in [2.24, 2.45) is 0 Å². The molecule has 186 valence electrons. The van der Waals surface area contributed by atoms with Crippen molar-refractivity contribution in [3.05, 3.63) is 34.6 Å². The summed E-state index contributed by atoms with van der Waals surface area (Å²) in [6, 6.07) is 6.87. The highest BCUT2D eigenvalue weighted by molar-refractivity contribution is 6.36. The molecule has 2 atom stereocenters. The number of aromatic nitrogens is 4. The SMILES string of the molecule is CCNc1nc(Nc2cc(C#N)cc(N3CC[C@@H](NC(=O)OC)[C@@H](O)C3)c2Cl)nn2c(C#N)cnc12. The fourth-order valence-electron chi connectivity index (χ4n) is 3.94. The summed E-state index contributed by atoms with van der Waals surface area (Å²) in [5, 5.41) is 43.0. The Labute approximate surface area is 211 Å². The Hall–Kier alpha value is -4.33. The first-order valence-corrected chi connectivity index (χ1v) is 11.4. The highest BCUT2D eigenvalue weighted by Crippen LogP contribution is 2.37. The number of imidazole rings is 1. The molecule has 13 nitrogen and oxygen atoms in total. The van der Waals surface area contributed by atoms with Crippen molar-refractivity contribution in [1.82, 2.24) is 24.9 Å². The third-order valence-electron chi connectivity index (χ3n) is 5.66. The predicted molar refractivity (Wildman–Crippen MR) is 131 cm³/mol. The minimum atomic E-state index is -0.880. The Morgan fingerprint density at radius 3 is 2.83 bits per heavy atom. The van der Waals surface area contributed by atoms with Crippen molar-refractivity contribution >= 4 is 46.5 Å². The lowest BCUT2D eigenvalue weighted by Gasteiger charge is -2.38. The number of hydrogen-bond donors (Lipinski definition) is 4. The van der Waals surface area contributed by atoms with E-state index in [0.29, 0.717) is 52.9 Å². The fourth-order valence-corrected chi connectivity index (χ4v) is 4.22. The predicted octanol–water partition coefficient (Wildman–Crippen LogP) is 1.99. The number of methoxy groups -OCH3 is 1. The van der Waals surface area contributed by atoms with Gasteiger partial charge in [0.25, 0.3) is 0 Å². The molecule has 0 spiro atoms. The number of nitriles is 2. The molecule has 0 aliphatic carbocycles. The summed E-state index contributed by atoms with van der Waals surface area (Å²) in [4.78, 5) is 22.0. The minimum Gasteiger partial charge on any atom is -0.453 e. The number of anilines is 4. The molecule has 1 amide bonds. The van der Waals surface area contributed by atoms with E-state index in [0.717, 1.165) is 0 Å². The number of hydrogen-bond acceptors (Lipinski definition) is 11. The molecule has 0 radical (unpaired) electrons. The number of alkyl carbamates (subject to hydrolysis) is 1. The highest BCUT2D eigenvalue weighted by atomic mass is 35.5. The quantitative estimate of drug-likeness (QED) is 0.381. The number of ether oxygens (including phenoxy) is 1. The summed E-state index contributed by atoms with van der Waals surface area (Å²) < 4.78 is 5.98. The summed E-state index contributed by atoms with van der Waals surface area (Å²) in [7, 11) is 1.26. The van der Waals surface area contributed by atoms with Crippen LogP contribution in [0.1, 0.15) is 24.6 Å². The molecule has 4 rings (SSSR count). The van der Waals surface area contributed by atoms with Gasteiger partial charge in [-0.3, -0.25) is 0 Å². The van der Waals surface area contributed by atoms with Gasteiger partial charge in [-0.15, -0.1) is 5.10 Å². The summed E-state index contributed by atoms with van der Waals surface area (Å²) >= 11 is 6.74. The van der Waals surface area contributed by atoms with Crippen LogP contribution in [0.15, 0.2) is 18.3 Å². The number of amides is 1. The molecule has 1 aliphatic rings. The second-order valence-electron chi connectivity index (χ2n) is 7.94. The Kier molecular flexibility index (Phi) is 7.24. The van der Waals surface area contributed by atoms with Crippen molar-refractivity contribution in [1.29, 1.82) is 10.5 Å². The molecule has 1 aliphatic heterocycles. The van der Waals surface area contributed by atoms with Crippen molar-refractivity contribution in [3.63, 3.8) is 0 Å². The van der Waals surface area contributed by atoms with Crippen molar-refractivity contribution in [3.8, 4) is 12.1 Å². The standard InChI is InChI=1S/C22H23ClN10O3/c1-3-26-19-20-27-10-13(9-25)33(20)31-21(30-19)28-15-6-12(8-24)7-16(18(15)23)32-5-4-14(17(34)11-32)29-22(35)36-2/h6-7,10,14,17,34H,3-5,11H2,1-2H3,(H,29,35)(H2,26,28,30,31)/t14-,17+/m1/s1. The maximum absolute atomic E-state index is 11.5. The Bertz CT molecular complexity index is 1380. The van der Waals surface area contributed by atoms with E-state index in [9.17, 15) is 20.4 Å². The summed E-state index contributed by atoms with van der Waals surface area (Å²) in [5.41, 5.74) is 1.85. The molecule has 14 heteroatoms. The van der Waals surface area contributed by atoms with Gasteiger partial charge in [-0.1, -0.05) is 11.6 Å². The fraction of sp³-hybridized carbons (Fsp3) is 0.364. The second kappa shape index (κ2) is 10.5. The molecule has 1 fully saturated rings. The molecular weight excluding hydrogens is 488 g/mol. The average Bonchev–Trinajstić information content (AvgIpc) is 3.30. The number of fused-ring (bicyclic) bond motifs is 1. The number of aliphatic hydroxyl groups excluding tert-OH is 1. The van der Waals surface area contributed by atoms with Crippen LogP contribution in [0.3, 0.4) is 0 Å². The number of β-amino-alcohol motifs (C(OH)–C–C–N with tert-alkyl or cyclic N) is 1. The number of halogens is 1. The first-order chi connectivity index (χ1) is 17.4. The number of piperidine rings is 1. The van der Waals surface area contributed by atoms with Gasteiger partial charge < -0.3 is 30.7 Å². The van der Waals surface area contributed by atoms with Crippen LogP contribution in [0.4, 0.5) is 27.9 Å². The number of carbonyl (C=O) groups excluding carboxylic acids is 1. The van der Waals surface area contributed by atoms with Crippen LogP contribution in [0, 0.1) is 22.7 Å². The van der Waals surface area contributed by atoms with Gasteiger partial charge in [-0.05, 0) is 25.5 Å². The molecule has 2 aromatic heterocycles.